The number of nitrogens with two attached hydrogens (primary N) is 1. The van der Waals surface area contributed by atoms with Crippen LogP contribution in [0.4, 0.5) is 11.4 Å². The number of nitrogens with one attached hydrogen (secondary N) is 1. The van der Waals surface area contributed by atoms with Crippen LogP contribution in [0.15, 0.2) is 18.2 Å². The van der Waals surface area contributed by atoms with Gasteiger partial charge in [-0.05, 0) is 56.5 Å². The Morgan fingerprint density at radius 3 is 2.95 bits per heavy atom. The van der Waals surface area contributed by atoms with Crippen LogP contribution in [0.25, 0.3) is 0 Å². The van der Waals surface area contributed by atoms with E-state index in [0.29, 0.717) is 12.6 Å². The molecule has 1 unspecified atom stereocenters. The van der Waals surface area contributed by atoms with Crippen molar-refractivity contribution in [2.45, 2.75) is 52.0 Å². The van der Waals surface area contributed by atoms with Gasteiger partial charge in [0.1, 0.15) is 0 Å². The van der Waals surface area contributed by atoms with Crippen molar-refractivity contribution < 1.29 is 4.79 Å². The van der Waals surface area contributed by atoms with Crippen molar-refractivity contribution >= 4 is 17.3 Å². The molecule has 21 heavy (non-hydrogen) atoms. The van der Waals surface area contributed by atoms with Crippen molar-refractivity contribution in [1.29, 1.82) is 0 Å². The lowest BCUT2D eigenvalue weighted by Gasteiger charge is -2.35. The third-order valence-corrected chi connectivity index (χ3v) is 4.24. The number of aryl methyl sites for hydroxylation is 1. The number of nitrogen functional groups attached to an aromatic ring is 1. The molecule has 0 aromatic heterocycles. The Kier molecular flexibility index (Phi) is 5.62. The SMILES string of the molecule is CCCC1CCCCN1CC(=O)Nc1ccc(N)cc1C. The average molecular weight is 289 g/mol. The minimum absolute atomic E-state index is 0.0749. The minimum Gasteiger partial charge on any atom is -0.399 e. The van der Waals surface area contributed by atoms with Gasteiger partial charge in [0, 0.05) is 17.4 Å². The first-order valence-electron chi connectivity index (χ1n) is 8.00. The Bertz CT molecular complexity index is 485. The Balaban J connectivity index is 1.93. The molecular formula is C17H27N3O. The van der Waals surface area contributed by atoms with Crippen LogP contribution in [0.5, 0.6) is 0 Å². The number of nitrogens with zero attached hydrogens (tertiary/aromatic N) is 1. The van der Waals surface area contributed by atoms with Gasteiger partial charge in [-0.1, -0.05) is 19.8 Å². The average Bonchev–Trinajstić information content (AvgIpc) is 2.44. The largest absolute Gasteiger partial charge is 0.399 e. The highest BCUT2D eigenvalue weighted by Crippen LogP contribution is 2.21. The molecule has 1 atom stereocenters. The summed E-state index contributed by atoms with van der Waals surface area (Å²) in [7, 11) is 0. The lowest BCUT2D eigenvalue weighted by Crippen LogP contribution is -2.43. The summed E-state index contributed by atoms with van der Waals surface area (Å²) in [6, 6.07) is 6.16. The van der Waals surface area contributed by atoms with Gasteiger partial charge in [-0.15, -0.1) is 0 Å². The molecule has 0 saturated carbocycles. The molecule has 0 aliphatic carbocycles. The number of amides is 1. The van der Waals surface area contributed by atoms with Crippen molar-refractivity contribution in [1.82, 2.24) is 4.90 Å². The van der Waals surface area contributed by atoms with Crippen LogP contribution in [0.2, 0.25) is 0 Å². The van der Waals surface area contributed by atoms with Crippen molar-refractivity contribution in [3.8, 4) is 0 Å². The van der Waals surface area contributed by atoms with Gasteiger partial charge in [-0.25, -0.2) is 0 Å². The van der Waals surface area contributed by atoms with Gasteiger partial charge < -0.3 is 11.1 Å². The lowest BCUT2D eigenvalue weighted by molar-refractivity contribution is -0.118. The molecule has 1 aliphatic rings. The molecule has 1 aromatic rings. The van der Waals surface area contributed by atoms with Gasteiger partial charge in [0.25, 0.3) is 0 Å². The molecule has 0 bridgehead atoms. The third kappa shape index (κ3) is 4.46. The van der Waals surface area contributed by atoms with Gasteiger partial charge in [0.05, 0.1) is 6.54 Å². The molecule has 0 radical (unpaired) electrons. The Labute approximate surface area is 127 Å². The van der Waals surface area contributed by atoms with Gasteiger partial charge in [-0.2, -0.15) is 0 Å². The van der Waals surface area contributed by atoms with Crippen molar-refractivity contribution in [3.05, 3.63) is 23.8 Å². The first-order valence-corrected chi connectivity index (χ1v) is 8.00. The van der Waals surface area contributed by atoms with Crippen molar-refractivity contribution in [3.63, 3.8) is 0 Å². The zero-order valence-electron chi connectivity index (χ0n) is 13.2. The highest BCUT2D eigenvalue weighted by molar-refractivity contribution is 5.93. The van der Waals surface area contributed by atoms with E-state index in [-0.39, 0.29) is 5.91 Å². The van der Waals surface area contributed by atoms with E-state index in [2.05, 4.69) is 17.1 Å². The Morgan fingerprint density at radius 1 is 1.43 bits per heavy atom. The summed E-state index contributed by atoms with van der Waals surface area (Å²) in [5, 5.41) is 3.01. The Morgan fingerprint density at radius 2 is 2.24 bits per heavy atom. The van der Waals surface area contributed by atoms with Crippen LogP contribution in [0.1, 0.15) is 44.6 Å². The van der Waals surface area contributed by atoms with Gasteiger partial charge in [-0.3, -0.25) is 9.69 Å². The molecule has 0 spiro atoms. The maximum absolute atomic E-state index is 12.3. The summed E-state index contributed by atoms with van der Waals surface area (Å²) in [6.45, 7) is 5.71. The second-order valence-corrected chi connectivity index (χ2v) is 6.03. The number of benzene rings is 1. The van der Waals surface area contributed by atoms with E-state index in [4.69, 9.17) is 5.73 Å². The summed E-state index contributed by atoms with van der Waals surface area (Å²) < 4.78 is 0. The zero-order chi connectivity index (χ0) is 15.2. The molecule has 1 aromatic carbocycles. The van der Waals surface area contributed by atoms with E-state index in [1.54, 1.807) is 0 Å². The third-order valence-electron chi connectivity index (χ3n) is 4.24. The van der Waals surface area contributed by atoms with E-state index in [0.717, 1.165) is 23.5 Å². The van der Waals surface area contributed by atoms with Crippen LogP contribution < -0.4 is 11.1 Å². The fourth-order valence-electron chi connectivity index (χ4n) is 3.13. The molecule has 4 heteroatoms. The van der Waals surface area contributed by atoms with Crippen LogP contribution in [-0.2, 0) is 4.79 Å². The van der Waals surface area contributed by atoms with E-state index in [1.807, 2.05) is 25.1 Å². The number of carbonyl (C=O) groups is 1. The number of carbonyl (C=O) groups excluding carboxylic acids is 1. The standard InChI is InChI=1S/C17H27N3O/c1-3-6-15-7-4-5-10-20(15)12-17(21)19-16-9-8-14(18)11-13(16)2/h8-9,11,15H,3-7,10,12,18H2,1-2H3,(H,19,21). The predicted molar refractivity (Wildman–Crippen MR) is 88.3 cm³/mol. The number of likely N-dealkylation sites (tertiary alicyclic amines) is 1. The zero-order valence-corrected chi connectivity index (χ0v) is 13.2. The van der Waals surface area contributed by atoms with Gasteiger partial charge >= 0.3 is 0 Å². The number of piperidine rings is 1. The molecule has 1 saturated heterocycles. The summed E-state index contributed by atoms with van der Waals surface area (Å²) in [6.07, 6.45) is 6.09. The van der Waals surface area contributed by atoms with E-state index < -0.39 is 0 Å². The van der Waals surface area contributed by atoms with E-state index >= 15 is 0 Å². The number of anilines is 2. The molecule has 2 rings (SSSR count). The monoisotopic (exact) mass is 289 g/mol. The first kappa shape index (κ1) is 15.8. The molecule has 1 heterocycles. The quantitative estimate of drug-likeness (QED) is 0.819. The van der Waals surface area contributed by atoms with E-state index in [1.165, 1.54) is 32.1 Å². The topological polar surface area (TPSA) is 58.4 Å². The maximum atomic E-state index is 12.3. The van der Waals surface area contributed by atoms with Crippen molar-refractivity contribution in [2.75, 3.05) is 24.1 Å². The van der Waals surface area contributed by atoms with Crippen LogP contribution in [0.3, 0.4) is 0 Å². The van der Waals surface area contributed by atoms with Gasteiger partial charge in [0.2, 0.25) is 5.91 Å². The maximum Gasteiger partial charge on any atom is 0.238 e. The normalized spacial score (nSPS) is 19.4. The summed E-state index contributed by atoms with van der Waals surface area (Å²) in [5.74, 6) is 0.0749. The van der Waals surface area contributed by atoms with Crippen molar-refractivity contribution in [2.24, 2.45) is 0 Å². The molecule has 116 valence electrons. The molecule has 4 nitrogen and oxygen atoms in total. The first-order chi connectivity index (χ1) is 10.1. The van der Waals surface area contributed by atoms with E-state index in [9.17, 15) is 4.79 Å². The minimum atomic E-state index is 0.0749. The summed E-state index contributed by atoms with van der Waals surface area (Å²) in [4.78, 5) is 14.6. The van der Waals surface area contributed by atoms with Crippen LogP contribution in [-0.4, -0.2) is 29.9 Å². The predicted octanol–water partition coefficient (Wildman–Crippen LogP) is 3.17. The Hall–Kier alpha value is -1.55. The number of rotatable bonds is 5. The summed E-state index contributed by atoms with van der Waals surface area (Å²) in [5.41, 5.74) is 8.33. The molecular weight excluding hydrogens is 262 g/mol. The molecule has 3 N–H and O–H groups in total. The fraction of sp³-hybridized carbons (Fsp3) is 0.588. The summed E-state index contributed by atoms with van der Waals surface area (Å²) >= 11 is 0. The lowest BCUT2D eigenvalue weighted by atomic mass is 9.98. The highest BCUT2D eigenvalue weighted by atomic mass is 16.2. The van der Waals surface area contributed by atoms with Crippen LogP contribution in [0, 0.1) is 6.92 Å². The second-order valence-electron chi connectivity index (χ2n) is 6.03. The molecule has 1 aliphatic heterocycles. The number of hydrogen-bond donors (Lipinski definition) is 2. The highest BCUT2D eigenvalue weighted by Gasteiger charge is 2.23. The molecule has 1 fully saturated rings. The second kappa shape index (κ2) is 7.46. The fourth-order valence-corrected chi connectivity index (χ4v) is 3.13. The van der Waals surface area contributed by atoms with Gasteiger partial charge in [0.15, 0.2) is 0 Å². The smallest absolute Gasteiger partial charge is 0.238 e. The van der Waals surface area contributed by atoms with Crippen LogP contribution >= 0.6 is 0 Å². The molecule has 1 amide bonds. The number of hydrogen-bond acceptors (Lipinski definition) is 3.